The van der Waals surface area contributed by atoms with Crippen LogP contribution in [0.2, 0.25) is 0 Å². The molecule has 83 heavy (non-hydrogen) atoms. The first kappa shape index (κ1) is 52.2. The maximum absolute atomic E-state index is 2.75. The highest BCUT2D eigenvalue weighted by atomic mass is 32.1. The minimum absolute atomic E-state index is 0.0188. The Morgan fingerprint density at radius 2 is 0.976 bits per heavy atom. The zero-order valence-corrected chi connectivity index (χ0v) is 51.3. The monoisotopic (exact) mass is 1100 g/mol. The number of nitrogens with zero attached hydrogens (tertiary/aromatic N) is 3. The van der Waals surface area contributed by atoms with Crippen molar-refractivity contribution in [3.05, 3.63) is 227 Å². The second-order valence-electron chi connectivity index (χ2n) is 28.3. The maximum atomic E-state index is 2.75. The molecule has 2 bridgehead atoms. The fourth-order valence-corrected chi connectivity index (χ4v) is 17.1. The summed E-state index contributed by atoms with van der Waals surface area (Å²) in [6.07, 6.45) is 7.39. The van der Waals surface area contributed by atoms with Crippen LogP contribution in [-0.4, -0.2) is 6.71 Å². The molecule has 0 atom stereocenters. The van der Waals surface area contributed by atoms with Gasteiger partial charge in [-0.05, 0) is 253 Å². The zero-order valence-electron chi connectivity index (χ0n) is 50.5. The average molecular weight is 1100 g/mol. The van der Waals surface area contributed by atoms with E-state index in [9.17, 15) is 0 Å². The van der Waals surface area contributed by atoms with Crippen LogP contribution < -0.4 is 31.1 Å². The topological polar surface area (TPSA) is 9.72 Å². The minimum Gasteiger partial charge on any atom is -0.311 e. The number of thiophene rings is 1. The van der Waals surface area contributed by atoms with Crippen molar-refractivity contribution >= 4 is 95.0 Å². The fraction of sp³-hybridized carbons (Fsp3) is 0.282. The third-order valence-electron chi connectivity index (χ3n) is 20.9. The largest absolute Gasteiger partial charge is 0.311 e. The number of para-hydroxylation sites is 2. The van der Waals surface area contributed by atoms with Gasteiger partial charge >= 0.3 is 0 Å². The Bertz CT molecular complexity index is 4190. The molecule has 5 heteroatoms. The van der Waals surface area contributed by atoms with E-state index in [1.54, 1.807) is 11.1 Å². The highest BCUT2D eigenvalue weighted by molar-refractivity contribution is 7.26. The quantitative estimate of drug-likeness (QED) is 0.147. The van der Waals surface area contributed by atoms with Gasteiger partial charge in [-0.3, -0.25) is 0 Å². The van der Waals surface area contributed by atoms with Crippen LogP contribution in [0.4, 0.5) is 50.5 Å². The van der Waals surface area contributed by atoms with E-state index in [2.05, 4.69) is 279 Å². The fourth-order valence-electron chi connectivity index (χ4n) is 15.8. The maximum Gasteiger partial charge on any atom is 0.254 e. The van der Waals surface area contributed by atoms with Crippen LogP contribution in [0.1, 0.15) is 140 Å². The lowest BCUT2D eigenvalue weighted by molar-refractivity contribution is 0.188. The molecule has 1 saturated carbocycles. The highest BCUT2D eigenvalue weighted by Crippen LogP contribution is 2.59. The van der Waals surface area contributed by atoms with Crippen molar-refractivity contribution in [2.75, 3.05) is 14.7 Å². The first-order chi connectivity index (χ1) is 39.8. The summed E-state index contributed by atoms with van der Waals surface area (Å²) in [5.74, 6) is 0. The Morgan fingerprint density at radius 3 is 1.58 bits per heavy atom. The van der Waals surface area contributed by atoms with Crippen LogP contribution in [0, 0.1) is 13.8 Å². The molecule has 10 aromatic rings. The Balaban J connectivity index is 1.04. The summed E-state index contributed by atoms with van der Waals surface area (Å²) in [7, 11) is 0. The summed E-state index contributed by atoms with van der Waals surface area (Å²) in [6.45, 7) is 26.9. The molecule has 0 unspecified atom stereocenters. The van der Waals surface area contributed by atoms with Gasteiger partial charge in [0, 0.05) is 44.5 Å². The number of aryl methyl sites for hydroxylation is 2. The summed E-state index contributed by atoms with van der Waals surface area (Å²) >= 11 is 2.05. The smallest absolute Gasteiger partial charge is 0.254 e. The Labute approximate surface area is 497 Å². The first-order valence-corrected chi connectivity index (χ1v) is 31.5. The van der Waals surface area contributed by atoms with E-state index in [1.165, 1.54) is 142 Å². The highest BCUT2D eigenvalue weighted by Gasteiger charge is 2.51. The van der Waals surface area contributed by atoms with Gasteiger partial charge in [0.05, 0.1) is 10.7 Å². The Kier molecular flexibility index (Phi) is 11.6. The predicted octanol–water partition coefficient (Wildman–Crippen LogP) is 20.2. The number of rotatable bonds is 7. The van der Waals surface area contributed by atoms with E-state index in [0.717, 1.165) is 23.5 Å². The Hall–Kier alpha value is -7.60. The van der Waals surface area contributed by atoms with E-state index in [-0.39, 0.29) is 33.8 Å². The lowest BCUT2D eigenvalue weighted by Crippen LogP contribution is -2.61. The molecule has 2 aliphatic heterocycles. The van der Waals surface area contributed by atoms with E-state index < -0.39 is 0 Å². The van der Waals surface area contributed by atoms with Gasteiger partial charge < -0.3 is 14.7 Å². The molecule has 9 aromatic carbocycles. The van der Waals surface area contributed by atoms with Gasteiger partial charge in [-0.15, -0.1) is 11.3 Å². The van der Waals surface area contributed by atoms with E-state index in [4.69, 9.17) is 0 Å². The van der Waals surface area contributed by atoms with Crippen molar-refractivity contribution in [1.82, 2.24) is 0 Å². The summed E-state index contributed by atoms with van der Waals surface area (Å²) in [5, 5.41) is 2.80. The number of hydrogen-bond donors (Lipinski definition) is 0. The van der Waals surface area contributed by atoms with Gasteiger partial charge in [-0.25, -0.2) is 0 Å². The minimum atomic E-state index is -0.0644. The molecule has 3 nitrogen and oxygen atoms in total. The molecular weight excluding hydrogens is 1020 g/mol. The van der Waals surface area contributed by atoms with E-state index in [1.807, 2.05) is 11.3 Å². The molecule has 0 radical (unpaired) electrons. The summed E-state index contributed by atoms with van der Waals surface area (Å²) in [6, 6.07) is 72.5. The molecule has 412 valence electrons. The first-order valence-electron chi connectivity index (χ1n) is 30.7. The van der Waals surface area contributed by atoms with Gasteiger partial charge in [0.2, 0.25) is 0 Å². The van der Waals surface area contributed by atoms with Crippen LogP contribution in [0.15, 0.2) is 188 Å². The van der Waals surface area contributed by atoms with Crippen LogP contribution in [0.3, 0.4) is 0 Å². The summed E-state index contributed by atoms with van der Waals surface area (Å²) in [4.78, 5) is 7.82. The molecule has 0 saturated heterocycles. The number of hydrogen-bond acceptors (Lipinski definition) is 4. The number of fused-ring (bicyclic) bond motifs is 9. The SMILES string of the molecule is Cc1cc(-c2ccccc2)cc(C)c1N1c2ccc(C(C)(C)C)cc2B2c3c(cc(-c4ccc(N(c5ccccc5)c5ccccc5)cc4)cc31)N(c1ccc3c(c1)C(C)(C)CCC3(C)C)c1sc3cc4c(cc3c12)C1(C)CCC4(C)CC1. The van der Waals surface area contributed by atoms with Gasteiger partial charge in [-0.1, -0.05) is 159 Å². The zero-order chi connectivity index (χ0) is 57.1. The molecule has 1 aromatic heterocycles. The van der Waals surface area contributed by atoms with Crippen molar-refractivity contribution < 1.29 is 0 Å². The van der Waals surface area contributed by atoms with Gasteiger partial charge in [-0.2, -0.15) is 0 Å². The molecular formula is C78H76BN3S. The van der Waals surface area contributed by atoms with Crippen LogP contribution in [0.5, 0.6) is 0 Å². The molecule has 0 spiro atoms. The second kappa shape index (κ2) is 18.5. The van der Waals surface area contributed by atoms with Crippen molar-refractivity contribution in [3.63, 3.8) is 0 Å². The summed E-state index contributed by atoms with van der Waals surface area (Å²) in [5.41, 5.74) is 29.3. The normalized spacial score (nSPS) is 19.7. The van der Waals surface area contributed by atoms with Crippen molar-refractivity contribution in [3.8, 4) is 22.3 Å². The van der Waals surface area contributed by atoms with Crippen LogP contribution >= 0.6 is 11.3 Å². The molecule has 4 aliphatic carbocycles. The van der Waals surface area contributed by atoms with Crippen LogP contribution in [0.25, 0.3) is 32.3 Å². The molecule has 0 N–H and O–H groups in total. The lowest BCUT2D eigenvalue weighted by atomic mass is 9.33. The molecule has 16 rings (SSSR count). The van der Waals surface area contributed by atoms with Crippen molar-refractivity contribution in [2.45, 2.75) is 142 Å². The van der Waals surface area contributed by atoms with Crippen LogP contribution in [-0.2, 0) is 27.1 Å². The molecule has 3 heterocycles. The number of benzene rings is 9. The van der Waals surface area contributed by atoms with Gasteiger partial charge in [0.25, 0.3) is 6.71 Å². The third kappa shape index (κ3) is 8.10. The number of anilines is 9. The molecule has 6 aliphatic rings. The molecule has 0 amide bonds. The second-order valence-corrected chi connectivity index (χ2v) is 29.3. The van der Waals surface area contributed by atoms with Crippen molar-refractivity contribution in [2.24, 2.45) is 0 Å². The third-order valence-corrected chi connectivity index (χ3v) is 22.0. The van der Waals surface area contributed by atoms with E-state index >= 15 is 0 Å². The summed E-state index contributed by atoms with van der Waals surface area (Å²) < 4.78 is 1.42. The van der Waals surface area contributed by atoms with E-state index in [0.29, 0.717) is 0 Å². The lowest BCUT2D eigenvalue weighted by Gasteiger charge is -2.52. The standard InChI is InChI=1S/C78H76BN3S/c1-49-41-53(51-21-15-12-16-22-51)42-50(2)72(49)82-66-34-29-55(74(3,4)5)45-65(66)79-70-60-47-63-64(78(11)39-37-77(63,10)38-40-78)48-69(60)83-73(70)81(59-32-33-61-62(46-59)76(8,9)36-35-75(61,6)7)67-43-54(44-68(82)71(67)79)52-27-30-58(31-28-52)80(56-23-17-13-18-24-56)57-25-19-14-20-26-57/h12-34,41-48H,35-40H2,1-11H3. The Morgan fingerprint density at radius 1 is 0.446 bits per heavy atom. The predicted molar refractivity (Wildman–Crippen MR) is 358 cm³/mol. The average Bonchev–Trinajstić information content (AvgIpc) is 2.18. The van der Waals surface area contributed by atoms with Crippen molar-refractivity contribution in [1.29, 1.82) is 0 Å². The van der Waals surface area contributed by atoms with Gasteiger partial charge in [0.15, 0.2) is 0 Å². The van der Waals surface area contributed by atoms with Gasteiger partial charge in [0.1, 0.15) is 0 Å². The molecule has 1 fully saturated rings.